The fourth-order valence-electron chi connectivity index (χ4n) is 3.17. The van der Waals surface area contributed by atoms with Crippen molar-refractivity contribution in [2.24, 2.45) is 0 Å². The summed E-state index contributed by atoms with van der Waals surface area (Å²) in [5.74, 6) is -0.423. The van der Waals surface area contributed by atoms with Gasteiger partial charge in [-0.1, -0.05) is 82.2 Å². The zero-order valence-electron chi connectivity index (χ0n) is 17.6. The Kier molecular flexibility index (Phi) is 14.8. The maximum atomic E-state index is 12.0. The molecule has 1 unspecified atom stereocenters. The molecule has 0 radical (unpaired) electrons. The smallest absolute Gasteiger partial charge is 0.338 e. The first kappa shape index (κ1) is 24.1. The van der Waals surface area contributed by atoms with Crippen LogP contribution in [0.3, 0.4) is 0 Å². The highest BCUT2D eigenvalue weighted by molar-refractivity contribution is 5.90. The third-order valence-electron chi connectivity index (χ3n) is 4.92. The highest BCUT2D eigenvalue weighted by atomic mass is 16.5. The van der Waals surface area contributed by atoms with Gasteiger partial charge in [-0.05, 0) is 50.7 Å². The van der Waals surface area contributed by atoms with E-state index < -0.39 is 12.1 Å². The van der Waals surface area contributed by atoms with E-state index in [9.17, 15) is 9.59 Å². The molecule has 1 rings (SSSR count). The van der Waals surface area contributed by atoms with Gasteiger partial charge in [0.25, 0.3) is 0 Å². The second-order valence-electron chi connectivity index (χ2n) is 7.47. The summed E-state index contributed by atoms with van der Waals surface area (Å²) in [5, 5.41) is 0. The van der Waals surface area contributed by atoms with Crippen LogP contribution in [0.1, 0.15) is 101 Å². The van der Waals surface area contributed by atoms with E-state index in [0.29, 0.717) is 12.0 Å². The Bertz CT molecular complexity index is 536. The van der Waals surface area contributed by atoms with Gasteiger partial charge in [-0.3, -0.25) is 4.79 Å². The van der Waals surface area contributed by atoms with Crippen molar-refractivity contribution in [1.29, 1.82) is 0 Å². The van der Waals surface area contributed by atoms with Crippen LogP contribution in [0.15, 0.2) is 42.5 Å². The summed E-state index contributed by atoms with van der Waals surface area (Å²) in [6.07, 6.45) is 20.1. The molecule has 0 aliphatic carbocycles. The van der Waals surface area contributed by atoms with E-state index in [4.69, 9.17) is 4.74 Å². The Morgan fingerprint density at radius 2 is 1.43 bits per heavy atom. The van der Waals surface area contributed by atoms with Crippen molar-refractivity contribution in [3.05, 3.63) is 48.0 Å². The Morgan fingerprint density at radius 1 is 0.857 bits per heavy atom. The van der Waals surface area contributed by atoms with Crippen molar-refractivity contribution in [3.63, 3.8) is 0 Å². The van der Waals surface area contributed by atoms with E-state index in [2.05, 4.69) is 19.1 Å². The number of allylic oxidation sites excluding steroid dienone is 2. The van der Waals surface area contributed by atoms with Gasteiger partial charge in [-0.25, -0.2) is 4.79 Å². The molecule has 1 aromatic carbocycles. The lowest BCUT2D eigenvalue weighted by Crippen LogP contribution is -2.19. The molecule has 1 aromatic rings. The number of hydrogen-bond acceptors (Lipinski definition) is 3. The van der Waals surface area contributed by atoms with Gasteiger partial charge in [0.15, 0.2) is 12.4 Å². The first-order valence-corrected chi connectivity index (χ1v) is 11.1. The quantitative estimate of drug-likeness (QED) is 0.125. The summed E-state index contributed by atoms with van der Waals surface area (Å²) >= 11 is 0. The number of benzene rings is 1. The number of ether oxygens (including phenoxy) is 1. The molecule has 3 heteroatoms. The summed E-state index contributed by atoms with van der Waals surface area (Å²) in [4.78, 5) is 23.1. The monoisotopic (exact) mass is 386 g/mol. The van der Waals surface area contributed by atoms with Gasteiger partial charge in [0.1, 0.15) is 0 Å². The van der Waals surface area contributed by atoms with Crippen LogP contribution in [0, 0.1) is 0 Å². The normalized spacial score (nSPS) is 12.2. The zero-order chi connectivity index (χ0) is 20.3. The predicted octanol–water partition coefficient (Wildman–Crippen LogP) is 7.06. The fourth-order valence-corrected chi connectivity index (χ4v) is 3.17. The fraction of sp³-hybridized carbons (Fsp3) is 0.600. The lowest BCUT2D eigenvalue weighted by molar-refractivity contribution is -0.115. The third kappa shape index (κ3) is 12.5. The van der Waals surface area contributed by atoms with Gasteiger partial charge in [-0.15, -0.1) is 0 Å². The minimum absolute atomic E-state index is 0.423. The van der Waals surface area contributed by atoms with Crippen LogP contribution in [0.4, 0.5) is 0 Å². The summed E-state index contributed by atoms with van der Waals surface area (Å²) in [6, 6.07) is 8.81. The molecule has 0 aromatic heterocycles. The molecule has 0 saturated heterocycles. The maximum Gasteiger partial charge on any atom is 0.338 e. The van der Waals surface area contributed by atoms with Crippen LogP contribution >= 0.6 is 0 Å². The van der Waals surface area contributed by atoms with Crippen LogP contribution in [0.25, 0.3) is 0 Å². The van der Waals surface area contributed by atoms with Crippen LogP contribution in [0.2, 0.25) is 0 Å². The summed E-state index contributed by atoms with van der Waals surface area (Å²) in [7, 11) is 0. The summed E-state index contributed by atoms with van der Waals surface area (Å²) < 4.78 is 5.28. The van der Waals surface area contributed by atoms with Crippen molar-refractivity contribution in [1.82, 2.24) is 0 Å². The molecule has 0 amide bonds. The van der Waals surface area contributed by atoms with Crippen LogP contribution in [-0.2, 0) is 9.53 Å². The highest BCUT2D eigenvalue weighted by Gasteiger charge is 2.14. The number of esters is 1. The van der Waals surface area contributed by atoms with Crippen LogP contribution in [0.5, 0.6) is 0 Å². The molecule has 3 nitrogen and oxygen atoms in total. The summed E-state index contributed by atoms with van der Waals surface area (Å²) in [5.41, 5.74) is 0.488. The number of unbranched alkanes of at least 4 members (excludes halogenated alkanes) is 10. The van der Waals surface area contributed by atoms with Crippen molar-refractivity contribution in [2.45, 2.75) is 96.5 Å². The largest absolute Gasteiger partial charge is 0.451 e. The Morgan fingerprint density at radius 3 is 2.04 bits per heavy atom. The van der Waals surface area contributed by atoms with E-state index in [0.717, 1.165) is 32.0 Å². The molecule has 0 aliphatic rings. The number of aldehydes is 1. The van der Waals surface area contributed by atoms with Crippen molar-refractivity contribution in [2.75, 3.05) is 0 Å². The Hall–Kier alpha value is -1.90. The number of carbonyl (C=O) groups excluding carboxylic acids is 2. The zero-order valence-corrected chi connectivity index (χ0v) is 17.6. The predicted molar refractivity (Wildman–Crippen MR) is 117 cm³/mol. The second-order valence-corrected chi connectivity index (χ2v) is 7.47. The van der Waals surface area contributed by atoms with E-state index >= 15 is 0 Å². The molecule has 0 N–H and O–H groups in total. The van der Waals surface area contributed by atoms with E-state index in [1.54, 1.807) is 24.3 Å². The third-order valence-corrected chi connectivity index (χ3v) is 4.92. The van der Waals surface area contributed by atoms with E-state index in [1.807, 2.05) is 6.07 Å². The molecule has 0 spiro atoms. The highest BCUT2D eigenvalue weighted by Crippen LogP contribution is 2.12. The van der Waals surface area contributed by atoms with Gasteiger partial charge >= 0.3 is 5.97 Å². The SMILES string of the molecule is CCCCCCCCC=CCCCCCCC(C=O)OC(=O)c1ccccc1. The number of rotatable bonds is 17. The van der Waals surface area contributed by atoms with E-state index in [1.165, 1.54) is 51.4 Å². The Balaban J connectivity index is 1.98. The van der Waals surface area contributed by atoms with Crippen molar-refractivity contribution >= 4 is 12.3 Å². The first-order valence-electron chi connectivity index (χ1n) is 11.1. The molecule has 0 fully saturated rings. The molecule has 1 atom stereocenters. The second kappa shape index (κ2) is 17.2. The molecular formula is C25H38O3. The first-order chi connectivity index (χ1) is 13.8. The average Bonchev–Trinajstić information content (AvgIpc) is 2.73. The lowest BCUT2D eigenvalue weighted by atomic mass is 10.1. The van der Waals surface area contributed by atoms with Crippen LogP contribution in [-0.4, -0.2) is 18.4 Å². The Labute approximate surface area is 171 Å². The van der Waals surface area contributed by atoms with Crippen LogP contribution < -0.4 is 0 Å². The molecule has 0 heterocycles. The molecule has 0 aliphatic heterocycles. The molecule has 0 saturated carbocycles. The molecule has 156 valence electrons. The maximum absolute atomic E-state index is 12.0. The average molecular weight is 387 g/mol. The van der Waals surface area contributed by atoms with Gasteiger partial charge in [0.05, 0.1) is 5.56 Å². The molecule has 28 heavy (non-hydrogen) atoms. The van der Waals surface area contributed by atoms with Gasteiger partial charge < -0.3 is 4.74 Å². The lowest BCUT2D eigenvalue weighted by Gasteiger charge is -2.12. The van der Waals surface area contributed by atoms with Gasteiger partial charge in [0, 0.05) is 0 Å². The minimum atomic E-state index is -0.634. The minimum Gasteiger partial charge on any atom is -0.451 e. The number of hydrogen-bond donors (Lipinski definition) is 0. The standard InChI is InChI=1S/C25H38O3/c1-2-3-4-5-6-7-8-9-10-11-12-13-14-18-21-24(22-26)28-25(27)23-19-16-15-17-20-23/h9-10,15-17,19-20,22,24H,2-8,11-14,18,21H2,1H3. The topological polar surface area (TPSA) is 43.4 Å². The molecule has 0 bridgehead atoms. The van der Waals surface area contributed by atoms with Gasteiger partial charge in [-0.2, -0.15) is 0 Å². The van der Waals surface area contributed by atoms with Crippen molar-refractivity contribution < 1.29 is 14.3 Å². The summed E-state index contributed by atoms with van der Waals surface area (Å²) in [6.45, 7) is 2.25. The van der Waals surface area contributed by atoms with E-state index in [-0.39, 0.29) is 0 Å². The molecular weight excluding hydrogens is 348 g/mol. The van der Waals surface area contributed by atoms with Gasteiger partial charge in [0.2, 0.25) is 0 Å². The van der Waals surface area contributed by atoms with Crippen molar-refractivity contribution in [3.8, 4) is 0 Å². The number of carbonyl (C=O) groups is 2.